The molecule has 1 aliphatic heterocycles. The molecule has 0 saturated carbocycles. The molecule has 2 N–H and O–H groups in total. The molecule has 0 bridgehead atoms. The molecule has 0 fully saturated rings. The van der Waals surface area contributed by atoms with Crippen molar-refractivity contribution in [2.24, 2.45) is 0 Å². The van der Waals surface area contributed by atoms with Gasteiger partial charge in [0, 0.05) is 19.1 Å². The minimum Gasteiger partial charge on any atom is -0.313 e. The summed E-state index contributed by atoms with van der Waals surface area (Å²) in [4.78, 5) is 0. The van der Waals surface area contributed by atoms with Gasteiger partial charge in [-0.05, 0) is 41.6 Å². The molecule has 0 saturated heterocycles. The normalized spacial score (nSPS) is 15.4. The highest BCUT2D eigenvalue weighted by molar-refractivity contribution is 5.30. The highest BCUT2D eigenvalue weighted by Crippen LogP contribution is 2.18. The Balaban J connectivity index is 0.000000180. The smallest absolute Gasteiger partial charge is 0.0211 e. The molecule has 1 atom stereocenters. The van der Waals surface area contributed by atoms with Crippen molar-refractivity contribution in [1.29, 1.82) is 0 Å². The monoisotopic (exact) mass is 358 g/mol. The Bertz CT molecular complexity index is 784. The van der Waals surface area contributed by atoms with Crippen LogP contribution in [0.2, 0.25) is 0 Å². The number of hydrogen-bond donors (Lipinski definition) is 2. The number of nitrogens with one attached hydrogen (secondary N) is 2. The van der Waals surface area contributed by atoms with Crippen LogP contribution < -0.4 is 10.6 Å². The Kier molecular flexibility index (Phi) is 7.64. The summed E-state index contributed by atoms with van der Waals surface area (Å²) in [6.45, 7) is 5.14. The molecule has 0 aliphatic carbocycles. The molecule has 1 unspecified atom stereocenters. The Morgan fingerprint density at radius 2 is 1.37 bits per heavy atom. The van der Waals surface area contributed by atoms with Gasteiger partial charge in [0.15, 0.2) is 0 Å². The van der Waals surface area contributed by atoms with Gasteiger partial charge in [-0.3, -0.25) is 0 Å². The lowest BCUT2D eigenvalue weighted by molar-refractivity contribution is 0.477. The average Bonchev–Trinajstić information content (AvgIpc) is 2.74. The summed E-state index contributed by atoms with van der Waals surface area (Å²) in [7, 11) is 0. The van der Waals surface area contributed by atoms with E-state index in [1.165, 1.54) is 22.3 Å². The van der Waals surface area contributed by atoms with Gasteiger partial charge in [0.1, 0.15) is 0 Å². The summed E-state index contributed by atoms with van der Waals surface area (Å²) in [5.74, 6) is 0. The molecule has 2 nitrogen and oxygen atoms in total. The molecular formula is C25H30N2. The number of fused-ring (bicyclic) bond motifs is 1. The van der Waals surface area contributed by atoms with E-state index in [1.54, 1.807) is 0 Å². The van der Waals surface area contributed by atoms with E-state index in [4.69, 9.17) is 0 Å². The largest absolute Gasteiger partial charge is 0.313 e. The van der Waals surface area contributed by atoms with Gasteiger partial charge in [-0.25, -0.2) is 0 Å². The van der Waals surface area contributed by atoms with Crippen molar-refractivity contribution < 1.29 is 0 Å². The maximum atomic E-state index is 3.62. The second kappa shape index (κ2) is 10.7. The van der Waals surface area contributed by atoms with Crippen LogP contribution >= 0.6 is 0 Å². The molecule has 3 aromatic carbocycles. The van der Waals surface area contributed by atoms with E-state index in [1.807, 2.05) is 6.07 Å². The zero-order valence-corrected chi connectivity index (χ0v) is 16.2. The van der Waals surface area contributed by atoms with E-state index in [2.05, 4.69) is 96.4 Å². The Morgan fingerprint density at radius 3 is 2.04 bits per heavy atom. The third-order valence-electron chi connectivity index (χ3n) is 4.91. The summed E-state index contributed by atoms with van der Waals surface area (Å²) in [6.07, 6.45) is 2.26. The molecule has 0 aromatic heterocycles. The van der Waals surface area contributed by atoms with Crippen LogP contribution in [0.4, 0.5) is 0 Å². The van der Waals surface area contributed by atoms with Crippen LogP contribution in [0.1, 0.15) is 29.2 Å². The zero-order valence-electron chi connectivity index (χ0n) is 16.2. The van der Waals surface area contributed by atoms with Gasteiger partial charge < -0.3 is 10.6 Å². The zero-order chi connectivity index (χ0) is 18.7. The fourth-order valence-electron chi connectivity index (χ4n) is 3.43. The Morgan fingerprint density at radius 1 is 0.778 bits per heavy atom. The van der Waals surface area contributed by atoms with E-state index in [0.717, 1.165) is 32.5 Å². The van der Waals surface area contributed by atoms with Gasteiger partial charge in [0.05, 0.1) is 0 Å². The van der Waals surface area contributed by atoms with Crippen molar-refractivity contribution >= 4 is 0 Å². The molecule has 140 valence electrons. The van der Waals surface area contributed by atoms with E-state index >= 15 is 0 Å². The first-order chi connectivity index (χ1) is 13.3. The van der Waals surface area contributed by atoms with Crippen LogP contribution in [-0.2, 0) is 25.9 Å². The maximum absolute atomic E-state index is 3.62. The Hall–Kier alpha value is -2.42. The van der Waals surface area contributed by atoms with Crippen molar-refractivity contribution in [3.63, 3.8) is 0 Å². The lowest BCUT2D eigenvalue weighted by atomic mass is 9.92. The predicted octanol–water partition coefficient (Wildman–Crippen LogP) is 4.74. The van der Waals surface area contributed by atoms with E-state index in [0.29, 0.717) is 6.04 Å². The third kappa shape index (κ3) is 6.35. The van der Waals surface area contributed by atoms with Crippen LogP contribution in [-0.4, -0.2) is 12.6 Å². The molecule has 27 heavy (non-hydrogen) atoms. The standard InChI is InChI=1S/C16H17N.C9H13N/c1-2-6-13(7-3-1)10-16-11-14-8-4-5-9-15(14)12-17-16;1-2-10-8-9-6-4-3-5-7-9/h1-9,16-17H,10-12H2;3-7,10H,2,8H2,1H3. The SMILES string of the molecule is CCNCc1ccccc1.c1ccc(CC2Cc3ccccc3CN2)cc1. The quantitative estimate of drug-likeness (QED) is 0.688. The second-order valence-corrected chi connectivity index (χ2v) is 7.01. The van der Waals surface area contributed by atoms with Crippen molar-refractivity contribution in [2.75, 3.05) is 6.54 Å². The molecule has 4 rings (SSSR count). The lowest BCUT2D eigenvalue weighted by Gasteiger charge is -2.26. The topological polar surface area (TPSA) is 24.1 Å². The number of hydrogen-bond acceptors (Lipinski definition) is 2. The molecule has 1 aliphatic rings. The fourth-order valence-corrected chi connectivity index (χ4v) is 3.43. The highest BCUT2D eigenvalue weighted by atomic mass is 14.9. The van der Waals surface area contributed by atoms with Crippen LogP contribution in [0.3, 0.4) is 0 Å². The summed E-state index contributed by atoms with van der Waals surface area (Å²) < 4.78 is 0. The van der Waals surface area contributed by atoms with Gasteiger partial charge >= 0.3 is 0 Å². The van der Waals surface area contributed by atoms with Gasteiger partial charge in [-0.1, -0.05) is 91.9 Å². The fraction of sp³-hybridized carbons (Fsp3) is 0.280. The highest BCUT2D eigenvalue weighted by Gasteiger charge is 2.17. The van der Waals surface area contributed by atoms with Crippen molar-refractivity contribution in [2.45, 2.75) is 38.9 Å². The van der Waals surface area contributed by atoms with Crippen LogP contribution in [0.15, 0.2) is 84.9 Å². The third-order valence-corrected chi connectivity index (χ3v) is 4.91. The van der Waals surface area contributed by atoms with Gasteiger partial charge in [0.2, 0.25) is 0 Å². The maximum Gasteiger partial charge on any atom is 0.0211 e. The van der Waals surface area contributed by atoms with E-state index in [-0.39, 0.29) is 0 Å². The van der Waals surface area contributed by atoms with Crippen LogP contribution in [0, 0.1) is 0 Å². The Labute approximate surface area is 163 Å². The number of rotatable bonds is 5. The summed E-state index contributed by atoms with van der Waals surface area (Å²) in [6, 6.07) is 30.5. The molecule has 0 amide bonds. The van der Waals surface area contributed by atoms with Gasteiger partial charge in [0.25, 0.3) is 0 Å². The average molecular weight is 359 g/mol. The number of benzene rings is 3. The molecular weight excluding hydrogens is 328 g/mol. The molecule has 0 radical (unpaired) electrons. The molecule has 0 spiro atoms. The first-order valence-electron chi connectivity index (χ1n) is 9.94. The lowest BCUT2D eigenvalue weighted by Crippen LogP contribution is -2.37. The van der Waals surface area contributed by atoms with Crippen LogP contribution in [0.5, 0.6) is 0 Å². The second-order valence-electron chi connectivity index (χ2n) is 7.01. The van der Waals surface area contributed by atoms with Crippen molar-refractivity contribution in [1.82, 2.24) is 10.6 Å². The van der Waals surface area contributed by atoms with E-state index < -0.39 is 0 Å². The summed E-state index contributed by atoms with van der Waals surface area (Å²) in [5, 5.41) is 6.89. The van der Waals surface area contributed by atoms with Crippen LogP contribution in [0.25, 0.3) is 0 Å². The van der Waals surface area contributed by atoms with E-state index in [9.17, 15) is 0 Å². The molecule has 1 heterocycles. The van der Waals surface area contributed by atoms with Gasteiger partial charge in [-0.2, -0.15) is 0 Å². The minimum atomic E-state index is 0.576. The van der Waals surface area contributed by atoms with Crippen molar-refractivity contribution in [3.8, 4) is 0 Å². The minimum absolute atomic E-state index is 0.576. The molecule has 2 heteroatoms. The summed E-state index contributed by atoms with van der Waals surface area (Å²) >= 11 is 0. The predicted molar refractivity (Wildman–Crippen MR) is 115 cm³/mol. The van der Waals surface area contributed by atoms with Crippen molar-refractivity contribution in [3.05, 3.63) is 107 Å². The molecule has 3 aromatic rings. The first kappa shape index (κ1) is 19.3. The first-order valence-corrected chi connectivity index (χ1v) is 9.94. The summed E-state index contributed by atoms with van der Waals surface area (Å²) in [5.41, 5.74) is 5.73. The van der Waals surface area contributed by atoms with Gasteiger partial charge in [-0.15, -0.1) is 0 Å².